The van der Waals surface area contributed by atoms with Crippen molar-refractivity contribution in [1.29, 1.82) is 0 Å². The number of aliphatic hydroxyl groups is 1. The summed E-state index contributed by atoms with van der Waals surface area (Å²) in [7, 11) is 0. The fraction of sp³-hybridized carbons (Fsp3) is 0.800. The van der Waals surface area contributed by atoms with Crippen LogP contribution in [0, 0.1) is 5.92 Å². The highest BCUT2D eigenvalue weighted by molar-refractivity contribution is 5.49. The van der Waals surface area contributed by atoms with Gasteiger partial charge in [-0.3, -0.25) is 0 Å². The predicted octanol–water partition coefficient (Wildman–Crippen LogP) is -0.857. The summed E-state index contributed by atoms with van der Waals surface area (Å²) >= 11 is 0. The van der Waals surface area contributed by atoms with Crippen molar-refractivity contribution >= 4 is 6.29 Å². The van der Waals surface area contributed by atoms with Crippen LogP contribution in [0.25, 0.3) is 0 Å². The van der Waals surface area contributed by atoms with Crippen molar-refractivity contribution in [2.45, 2.75) is 6.42 Å². The molecule has 0 aliphatic carbocycles. The Hall–Kier alpha value is -0.410. The molecular weight excluding hydrogens is 106 g/mol. The van der Waals surface area contributed by atoms with Crippen LogP contribution in [0.2, 0.25) is 0 Å². The largest absolute Gasteiger partial charge is 0.396 e. The van der Waals surface area contributed by atoms with Crippen LogP contribution < -0.4 is 5.73 Å². The molecule has 0 bridgehead atoms. The molecule has 8 heavy (non-hydrogen) atoms. The van der Waals surface area contributed by atoms with Crippen LogP contribution >= 0.6 is 0 Å². The van der Waals surface area contributed by atoms with Gasteiger partial charge in [0.15, 0.2) is 0 Å². The van der Waals surface area contributed by atoms with Gasteiger partial charge in [0.25, 0.3) is 0 Å². The third-order valence-electron chi connectivity index (χ3n) is 1.02. The lowest BCUT2D eigenvalue weighted by Gasteiger charge is -2.03. The van der Waals surface area contributed by atoms with Gasteiger partial charge in [-0.1, -0.05) is 0 Å². The average molecular weight is 117 g/mol. The number of hydrogen-bond donors (Lipinski definition) is 2. The molecule has 0 heterocycles. The Morgan fingerprint density at radius 2 is 2.38 bits per heavy atom. The van der Waals surface area contributed by atoms with E-state index in [4.69, 9.17) is 10.8 Å². The van der Waals surface area contributed by atoms with Crippen LogP contribution in [-0.2, 0) is 4.79 Å². The van der Waals surface area contributed by atoms with Gasteiger partial charge in [-0.2, -0.15) is 0 Å². The third kappa shape index (κ3) is 2.71. The van der Waals surface area contributed by atoms with Gasteiger partial charge in [0.1, 0.15) is 6.29 Å². The summed E-state index contributed by atoms with van der Waals surface area (Å²) in [6.07, 6.45) is 1.14. The molecule has 0 spiro atoms. The van der Waals surface area contributed by atoms with Crippen LogP contribution in [0.4, 0.5) is 0 Å². The fourth-order valence-corrected chi connectivity index (χ4v) is 0.381. The SMILES string of the molecule is NCC(CO)CC=O. The summed E-state index contributed by atoms with van der Waals surface area (Å²) in [5, 5.41) is 8.42. The number of rotatable bonds is 4. The van der Waals surface area contributed by atoms with E-state index in [1.165, 1.54) is 0 Å². The first kappa shape index (κ1) is 7.59. The summed E-state index contributed by atoms with van der Waals surface area (Å²) in [5.41, 5.74) is 5.15. The van der Waals surface area contributed by atoms with Crippen molar-refractivity contribution in [1.82, 2.24) is 0 Å². The molecule has 0 amide bonds. The van der Waals surface area contributed by atoms with Gasteiger partial charge >= 0.3 is 0 Å². The summed E-state index contributed by atoms with van der Waals surface area (Å²) < 4.78 is 0. The zero-order chi connectivity index (χ0) is 6.41. The number of aliphatic hydroxyl groups excluding tert-OH is 1. The molecule has 0 aromatic carbocycles. The van der Waals surface area contributed by atoms with E-state index in [9.17, 15) is 4.79 Å². The minimum atomic E-state index is -0.0347. The first-order valence-corrected chi connectivity index (χ1v) is 2.59. The van der Waals surface area contributed by atoms with Gasteiger partial charge in [-0.05, 0) is 6.54 Å². The molecule has 0 aliphatic rings. The molecule has 0 rings (SSSR count). The second-order valence-electron chi connectivity index (χ2n) is 1.69. The molecule has 48 valence electrons. The van der Waals surface area contributed by atoms with E-state index in [2.05, 4.69) is 0 Å². The standard InChI is InChI=1S/C5H11NO2/c6-3-5(4-8)1-2-7/h2,5,8H,1,3-4,6H2. The van der Waals surface area contributed by atoms with Gasteiger partial charge in [-0.15, -0.1) is 0 Å². The molecule has 3 N–H and O–H groups in total. The predicted molar refractivity (Wildman–Crippen MR) is 30.3 cm³/mol. The molecule has 0 aromatic rings. The molecule has 0 saturated heterocycles. The zero-order valence-corrected chi connectivity index (χ0v) is 4.71. The summed E-state index contributed by atoms with van der Waals surface area (Å²) in [4.78, 5) is 9.77. The molecule has 0 aromatic heterocycles. The zero-order valence-electron chi connectivity index (χ0n) is 4.71. The van der Waals surface area contributed by atoms with Crippen molar-refractivity contribution in [3.05, 3.63) is 0 Å². The Labute approximate surface area is 48.5 Å². The van der Waals surface area contributed by atoms with E-state index in [0.717, 1.165) is 6.29 Å². The topological polar surface area (TPSA) is 63.3 Å². The lowest BCUT2D eigenvalue weighted by Crippen LogP contribution is -2.18. The van der Waals surface area contributed by atoms with Crippen LogP contribution in [0.1, 0.15) is 6.42 Å². The van der Waals surface area contributed by atoms with E-state index in [0.29, 0.717) is 13.0 Å². The number of carbonyl (C=O) groups excluding carboxylic acids is 1. The second kappa shape index (κ2) is 4.74. The van der Waals surface area contributed by atoms with Gasteiger partial charge in [0.2, 0.25) is 0 Å². The van der Waals surface area contributed by atoms with Crippen LogP contribution in [0.5, 0.6) is 0 Å². The number of aldehydes is 1. The quantitative estimate of drug-likeness (QED) is 0.471. The third-order valence-corrected chi connectivity index (χ3v) is 1.02. The highest BCUT2D eigenvalue weighted by Crippen LogP contribution is 1.93. The van der Waals surface area contributed by atoms with E-state index >= 15 is 0 Å². The highest BCUT2D eigenvalue weighted by Gasteiger charge is 2.01. The van der Waals surface area contributed by atoms with Crippen molar-refractivity contribution in [3.63, 3.8) is 0 Å². The van der Waals surface area contributed by atoms with Crippen molar-refractivity contribution in [2.24, 2.45) is 11.7 Å². The molecule has 3 heteroatoms. The Kier molecular flexibility index (Phi) is 4.50. The second-order valence-corrected chi connectivity index (χ2v) is 1.69. The van der Waals surface area contributed by atoms with Crippen LogP contribution in [0.3, 0.4) is 0 Å². The Balaban J connectivity index is 3.20. The maximum absolute atomic E-state index is 9.77. The van der Waals surface area contributed by atoms with Gasteiger partial charge in [0, 0.05) is 18.9 Å². The van der Waals surface area contributed by atoms with E-state index in [1.54, 1.807) is 0 Å². The molecule has 1 atom stereocenters. The van der Waals surface area contributed by atoms with Crippen molar-refractivity contribution in [2.75, 3.05) is 13.2 Å². The maximum Gasteiger partial charge on any atom is 0.120 e. The fourth-order valence-electron chi connectivity index (χ4n) is 0.381. The molecule has 1 unspecified atom stereocenters. The van der Waals surface area contributed by atoms with E-state index in [-0.39, 0.29) is 12.5 Å². The summed E-state index contributed by atoms with van der Waals surface area (Å²) in [6.45, 7) is 0.393. The molecule has 0 fully saturated rings. The minimum absolute atomic E-state index is 0.00917. The monoisotopic (exact) mass is 117 g/mol. The summed E-state index contributed by atoms with van der Waals surface area (Å²) in [5.74, 6) is -0.0347. The Bertz CT molecular complexity index is 61.4. The molecular formula is C5H11NO2. The normalized spacial score (nSPS) is 13.2. The van der Waals surface area contributed by atoms with E-state index < -0.39 is 0 Å². The highest BCUT2D eigenvalue weighted by atomic mass is 16.3. The van der Waals surface area contributed by atoms with Crippen LogP contribution in [-0.4, -0.2) is 24.5 Å². The number of nitrogens with two attached hydrogens (primary N) is 1. The Morgan fingerprint density at radius 3 is 2.50 bits per heavy atom. The Morgan fingerprint density at radius 1 is 1.75 bits per heavy atom. The minimum Gasteiger partial charge on any atom is -0.396 e. The van der Waals surface area contributed by atoms with Crippen molar-refractivity contribution < 1.29 is 9.90 Å². The van der Waals surface area contributed by atoms with Gasteiger partial charge < -0.3 is 15.6 Å². The number of hydrogen-bond acceptors (Lipinski definition) is 3. The molecule has 3 nitrogen and oxygen atoms in total. The lowest BCUT2D eigenvalue weighted by atomic mass is 10.1. The van der Waals surface area contributed by atoms with Crippen molar-refractivity contribution in [3.8, 4) is 0 Å². The smallest absolute Gasteiger partial charge is 0.120 e. The first-order valence-electron chi connectivity index (χ1n) is 2.59. The molecule has 0 radical (unpaired) electrons. The van der Waals surface area contributed by atoms with E-state index in [1.807, 2.05) is 0 Å². The number of carbonyl (C=O) groups is 1. The van der Waals surface area contributed by atoms with Crippen LogP contribution in [0.15, 0.2) is 0 Å². The first-order chi connectivity index (χ1) is 3.85. The average Bonchev–Trinajstić information content (AvgIpc) is 1.83. The summed E-state index contributed by atoms with van der Waals surface area (Å²) in [6, 6.07) is 0. The van der Waals surface area contributed by atoms with Gasteiger partial charge in [-0.25, -0.2) is 0 Å². The van der Waals surface area contributed by atoms with Gasteiger partial charge in [0.05, 0.1) is 0 Å². The molecule has 0 saturated carbocycles. The maximum atomic E-state index is 9.77. The lowest BCUT2D eigenvalue weighted by molar-refractivity contribution is -0.108. The molecule has 0 aliphatic heterocycles.